The normalized spacial score (nSPS) is 13.9. The van der Waals surface area contributed by atoms with Crippen LogP contribution in [0.4, 0.5) is 18.9 Å². The van der Waals surface area contributed by atoms with Gasteiger partial charge in [0, 0.05) is 36.0 Å². The number of likely N-dealkylation sites (N-methyl/N-ethyl adjacent to an activating group) is 1. The minimum Gasteiger partial charge on any atom is -0.394 e. The summed E-state index contributed by atoms with van der Waals surface area (Å²) in [5.74, 6) is -0.414. The number of anilines is 1. The zero-order chi connectivity index (χ0) is 24.7. The average Bonchev–Trinajstić information content (AvgIpc) is 3.48. The second kappa shape index (κ2) is 8.86. The minimum atomic E-state index is -4.72. The summed E-state index contributed by atoms with van der Waals surface area (Å²) in [5, 5.41) is 26.7. The van der Waals surface area contributed by atoms with Crippen molar-refractivity contribution in [2.75, 3.05) is 25.1 Å². The van der Waals surface area contributed by atoms with Crippen LogP contribution in [0, 0.1) is 0 Å². The molecule has 0 amide bonds. The van der Waals surface area contributed by atoms with Crippen molar-refractivity contribution in [1.29, 1.82) is 0 Å². The second-order valence-electron chi connectivity index (χ2n) is 8.50. The lowest BCUT2D eigenvalue weighted by Crippen LogP contribution is -2.31. The molecule has 5 rings (SSSR count). The fraction of sp³-hybridized carbons (Fsp3) is 0.280. The quantitative estimate of drug-likeness (QED) is 0.413. The summed E-state index contributed by atoms with van der Waals surface area (Å²) in [6, 6.07) is 13.6. The summed E-state index contributed by atoms with van der Waals surface area (Å²) in [5.41, 5.74) is 2.45. The zero-order valence-electron chi connectivity index (χ0n) is 18.7. The van der Waals surface area contributed by atoms with E-state index in [1.165, 1.54) is 12.1 Å². The number of halogens is 3. The molecule has 0 bridgehead atoms. The smallest absolute Gasteiger partial charge is 0.394 e. The third-order valence-corrected chi connectivity index (χ3v) is 6.14. The molecular formula is C25H22F3N3O4. The van der Waals surface area contributed by atoms with E-state index in [0.29, 0.717) is 24.1 Å². The highest BCUT2D eigenvalue weighted by atomic mass is 19.4. The van der Waals surface area contributed by atoms with Gasteiger partial charge in [-0.25, -0.2) is 0 Å². The van der Waals surface area contributed by atoms with Crippen LogP contribution in [0.2, 0.25) is 0 Å². The Balaban J connectivity index is 1.54. The van der Waals surface area contributed by atoms with E-state index in [-0.39, 0.29) is 30.2 Å². The number of alkyl halides is 3. The molecule has 1 atom stereocenters. The van der Waals surface area contributed by atoms with Crippen LogP contribution < -0.4 is 4.90 Å². The topological polar surface area (TPSA) is 95.8 Å². The highest BCUT2D eigenvalue weighted by molar-refractivity contribution is 5.80. The fourth-order valence-electron chi connectivity index (χ4n) is 4.43. The van der Waals surface area contributed by atoms with Gasteiger partial charge in [-0.2, -0.15) is 13.2 Å². The number of aromatic nitrogens is 2. The van der Waals surface area contributed by atoms with Crippen LogP contribution in [-0.4, -0.2) is 46.8 Å². The van der Waals surface area contributed by atoms with Crippen LogP contribution in [0.5, 0.6) is 0 Å². The molecule has 0 saturated heterocycles. The van der Waals surface area contributed by atoms with E-state index in [0.717, 1.165) is 16.8 Å². The van der Waals surface area contributed by atoms with Crippen molar-refractivity contribution in [3.8, 4) is 34.0 Å². The maximum Gasteiger partial charge on any atom is 0.422 e. The minimum absolute atomic E-state index is 0.0452. The molecule has 4 aromatic rings. The molecule has 1 aliphatic rings. The summed E-state index contributed by atoms with van der Waals surface area (Å²) < 4.78 is 53.0. The van der Waals surface area contributed by atoms with Crippen LogP contribution in [0.25, 0.3) is 34.0 Å². The van der Waals surface area contributed by atoms with Crippen LogP contribution in [-0.2, 0) is 19.0 Å². The standard InChI is InChI=1S/C25H22F3N3O4/c1-31(12-17(33)13-32)16-8-10-18-15(11-16)7-9-19-21(18)29-35-24(19)22-20(25(26,27)28)23(34-30-22)14-5-3-2-4-6-14/h2-6,8,10-11,17,32-33H,7,9,12-13H2,1H3/t17-/m1/s1. The van der Waals surface area contributed by atoms with Gasteiger partial charge in [0.15, 0.2) is 17.2 Å². The van der Waals surface area contributed by atoms with E-state index in [1.54, 1.807) is 25.2 Å². The number of benzene rings is 2. The van der Waals surface area contributed by atoms with Gasteiger partial charge in [0.1, 0.15) is 11.3 Å². The molecule has 2 aromatic heterocycles. The summed E-state index contributed by atoms with van der Waals surface area (Å²) in [6.07, 6.45) is -4.61. The number of aliphatic hydroxyl groups is 2. The van der Waals surface area contributed by atoms with E-state index < -0.39 is 23.5 Å². The van der Waals surface area contributed by atoms with Crippen molar-refractivity contribution < 1.29 is 32.4 Å². The zero-order valence-corrected chi connectivity index (χ0v) is 18.7. The number of rotatable bonds is 6. The van der Waals surface area contributed by atoms with E-state index >= 15 is 0 Å². The largest absolute Gasteiger partial charge is 0.422 e. The van der Waals surface area contributed by atoms with Crippen molar-refractivity contribution in [2.24, 2.45) is 0 Å². The molecule has 1 aliphatic carbocycles. The average molecular weight is 485 g/mol. The van der Waals surface area contributed by atoms with Crippen molar-refractivity contribution in [2.45, 2.75) is 25.1 Å². The Bertz CT molecular complexity index is 1350. The predicted octanol–water partition coefficient (Wildman–Crippen LogP) is 4.57. The first-order valence-corrected chi connectivity index (χ1v) is 11.0. The SMILES string of the molecule is CN(C[C@@H](O)CO)c1ccc2c(c1)CCc1c-2noc1-c1noc(-c2ccccc2)c1C(F)(F)F. The van der Waals surface area contributed by atoms with Crippen LogP contribution in [0.3, 0.4) is 0 Å². The van der Waals surface area contributed by atoms with Gasteiger partial charge in [0.2, 0.25) is 0 Å². The first kappa shape index (κ1) is 23.1. The van der Waals surface area contributed by atoms with Crippen LogP contribution >= 0.6 is 0 Å². The van der Waals surface area contributed by atoms with Gasteiger partial charge in [0.05, 0.1) is 12.7 Å². The van der Waals surface area contributed by atoms with Gasteiger partial charge in [-0.1, -0.05) is 46.7 Å². The molecule has 2 N–H and O–H groups in total. The van der Waals surface area contributed by atoms with Gasteiger partial charge < -0.3 is 24.2 Å². The van der Waals surface area contributed by atoms with Gasteiger partial charge in [-0.15, -0.1) is 0 Å². The molecule has 7 nitrogen and oxygen atoms in total. The van der Waals surface area contributed by atoms with Crippen molar-refractivity contribution in [3.05, 3.63) is 65.2 Å². The van der Waals surface area contributed by atoms with Gasteiger partial charge in [-0.3, -0.25) is 0 Å². The summed E-state index contributed by atoms with van der Waals surface area (Å²) in [6.45, 7) is -0.0843. The number of nitrogens with zero attached hydrogens (tertiary/aromatic N) is 3. The van der Waals surface area contributed by atoms with Gasteiger partial charge in [0.25, 0.3) is 0 Å². The molecule has 35 heavy (non-hydrogen) atoms. The van der Waals surface area contributed by atoms with Crippen LogP contribution in [0.1, 0.15) is 16.7 Å². The van der Waals surface area contributed by atoms with E-state index in [2.05, 4.69) is 10.3 Å². The molecule has 2 aromatic carbocycles. The molecule has 0 spiro atoms. The molecule has 182 valence electrons. The summed E-state index contributed by atoms with van der Waals surface area (Å²) >= 11 is 0. The molecule has 0 saturated carbocycles. The third-order valence-electron chi connectivity index (χ3n) is 6.14. The molecule has 0 unspecified atom stereocenters. The Morgan fingerprint density at radius 1 is 1.00 bits per heavy atom. The number of aliphatic hydroxyl groups excluding tert-OH is 2. The Morgan fingerprint density at radius 3 is 2.43 bits per heavy atom. The highest BCUT2D eigenvalue weighted by Gasteiger charge is 2.43. The first-order chi connectivity index (χ1) is 16.8. The predicted molar refractivity (Wildman–Crippen MR) is 122 cm³/mol. The lowest BCUT2D eigenvalue weighted by molar-refractivity contribution is -0.136. The second-order valence-corrected chi connectivity index (χ2v) is 8.50. The first-order valence-electron chi connectivity index (χ1n) is 11.0. The Kier molecular flexibility index (Phi) is 5.86. The molecule has 0 fully saturated rings. The maximum atomic E-state index is 14.1. The Morgan fingerprint density at radius 2 is 1.71 bits per heavy atom. The fourth-order valence-corrected chi connectivity index (χ4v) is 4.43. The van der Waals surface area contributed by atoms with E-state index in [9.17, 15) is 18.3 Å². The maximum absolute atomic E-state index is 14.1. The Hall–Kier alpha value is -3.63. The third kappa shape index (κ3) is 4.19. The van der Waals surface area contributed by atoms with E-state index in [1.807, 2.05) is 23.1 Å². The number of hydrogen-bond acceptors (Lipinski definition) is 7. The van der Waals surface area contributed by atoms with Crippen LogP contribution in [0.15, 0.2) is 57.6 Å². The summed E-state index contributed by atoms with van der Waals surface area (Å²) in [4.78, 5) is 1.82. The number of hydrogen-bond donors (Lipinski definition) is 2. The van der Waals surface area contributed by atoms with E-state index in [4.69, 9.17) is 14.2 Å². The molecule has 2 heterocycles. The molecular weight excluding hydrogens is 463 g/mol. The van der Waals surface area contributed by atoms with Crippen molar-refractivity contribution >= 4 is 5.69 Å². The van der Waals surface area contributed by atoms with Crippen molar-refractivity contribution in [3.63, 3.8) is 0 Å². The molecule has 10 heteroatoms. The highest BCUT2D eigenvalue weighted by Crippen LogP contribution is 2.46. The monoisotopic (exact) mass is 485 g/mol. The molecule has 0 aliphatic heterocycles. The summed E-state index contributed by atoms with van der Waals surface area (Å²) in [7, 11) is 1.80. The Labute approximate surface area is 198 Å². The van der Waals surface area contributed by atoms with Crippen molar-refractivity contribution in [1.82, 2.24) is 10.3 Å². The number of fused-ring (bicyclic) bond motifs is 3. The van der Waals surface area contributed by atoms with Gasteiger partial charge >= 0.3 is 6.18 Å². The van der Waals surface area contributed by atoms with Gasteiger partial charge in [-0.05, 0) is 30.5 Å². The number of aryl methyl sites for hydroxylation is 1. The lowest BCUT2D eigenvalue weighted by atomic mass is 9.87. The molecule has 0 radical (unpaired) electrons. The lowest BCUT2D eigenvalue weighted by Gasteiger charge is -2.24.